The van der Waals surface area contributed by atoms with E-state index in [1.807, 2.05) is 13.8 Å². The fraction of sp³-hybridized carbons (Fsp3) is 0.905. The van der Waals surface area contributed by atoms with E-state index < -0.39 is 0 Å². The van der Waals surface area contributed by atoms with Crippen molar-refractivity contribution >= 4 is 11.9 Å². The minimum atomic E-state index is -0.213. The zero-order chi connectivity index (χ0) is 18.9. The SMILES string of the molecule is CCCCCCCC(=O)OC(C)C[C@@H](C)OC(=O)CCCCCCC. The highest BCUT2D eigenvalue weighted by molar-refractivity contribution is 5.70. The molecule has 0 N–H and O–H groups in total. The molecule has 0 fully saturated rings. The predicted molar refractivity (Wildman–Crippen MR) is 102 cm³/mol. The van der Waals surface area contributed by atoms with Gasteiger partial charge in [0, 0.05) is 19.3 Å². The summed E-state index contributed by atoms with van der Waals surface area (Å²) in [6.07, 6.45) is 12.3. The lowest BCUT2D eigenvalue weighted by atomic mass is 10.1. The van der Waals surface area contributed by atoms with Crippen LogP contribution in [0.2, 0.25) is 0 Å². The maximum Gasteiger partial charge on any atom is 0.306 e. The first-order valence-corrected chi connectivity index (χ1v) is 10.4. The summed E-state index contributed by atoms with van der Waals surface area (Å²) in [6.45, 7) is 8.08. The summed E-state index contributed by atoms with van der Waals surface area (Å²) in [7, 11) is 0. The maximum absolute atomic E-state index is 11.8. The van der Waals surface area contributed by atoms with Crippen molar-refractivity contribution in [2.45, 2.75) is 123 Å². The first-order chi connectivity index (χ1) is 12.0. The summed E-state index contributed by atoms with van der Waals surface area (Å²) in [5.74, 6) is -0.281. The van der Waals surface area contributed by atoms with Gasteiger partial charge in [0.05, 0.1) is 0 Å². The van der Waals surface area contributed by atoms with Gasteiger partial charge < -0.3 is 9.47 Å². The lowest BCUT2D eigenvalue weighted by Gasteiger charge is -2.18. The Hall–Kier alpha value is -1.06. The second kappa shape index (κ2) is 16.4. The molecule has 0 aromatic rings. The van der Waals surface area contributed by atoms with Crippen molar-refractivity contribution in [1.29, 1.82) is 0 Å². The number of carbonyl (C=O) groups excluding carboxylic acids is 2. The van der Waals surface area contributed by atoms with E-state index in [0.29, 0.717) is 19.3 Å². The summed E-state index contributed by atoms with van der Waals surface area (Å²) >= 11 is 0. The van der Waals surface area contributed by atoms with Crippen LogP contribution >= 0.6 is 0 Å². The number of hydrogen-bond acceptors (Lipinski definition) is 4. The molecule has 4 heteroatoms. The largest absolute Gasteiger partial charge is 0.463 e. The van der Waals surface area contributed by atoms with Gasteiger partial charge in [-0.2, -0.15) is 0 Å². The van der Waals surface area contributed by atoms with Crippen molar-refractivity contribution in [3.05, 3.63) is 0 Å². The van der Waals surface area contributed by atoms with Gasteiger partial charge in [-0.3, -0.25) is 9.59 Å². The van der Waals surface area contributed by atoms with Crippen LogP contribution in [0.1, 0.15) is 111 Å². The van der Waals surface area contributed by atoms with Crippen molar-refractivity contribution in [2.24, 2.45) is 0 Å². The number of esters is 2. The molecule has 0 heterocycles. The summed E-state index contributed by atoms with van der Waals surface area (Å²) in [5.41, 5.74) is 0. The fourth-order valence-electron chi connectivity index (χ4n) is 2.88. The van der Waals surface area contributed by atoms with Gasteiger partial charge in [-0.25, -0.2) is 0 Å². The molecule has 148 valence electrons. The van der Waals surface area contributed by atoms with E-state index in [2.05, 4.69) is 13.8 Å². The van der Waals surface area contributed by atoms with Crippen LogP contribution in [0.15, 0.2) is 0 Å². The molecular formula is C21H40O4. The van der Waals surface area contributed by atoms with Crippen molar-refractivity contribution in [3.63, 3.8) is 0 Å². The Morgan fingerprint density at radius 3 is 1.36 bits per heavy atom. The highest BCUT2D eigenvalue weighted by Crippen LogP contribution is 2.12. The van der Waals surface area contributed by atoms with E-state index in [1.165, 1.54) is 38.5 Å². The Kier molecular flexibility index (Phi) is 15.7. The molecule has 0 saturated carbocycles. The maximum atomic E-state index is 11.8. The Labute approximate surface area is 155 Å². The molecule has 0 rings (SSSR count). The van der Waals surface area contributed by atoms with Crippen molar-refractivity contribution in [3.8, 4) is 0 Å². The van der Waals surface area contributed by atoms with Crippen molar-refractivity contribution in [1.82, 2.24) is 0 Å². The molecule has 25 heavy (non-hydrogen) atoms. The van der Waals surface area contributed by atoms with Crippen molar-refractivity contribution in [2.75, 3.05) is 0 Å². The van der Waals surface area contributed by atoms with Gasteiger partial charge in [0.2, 0.25) is 0 Å². The molecule has 0 aliphatic rings. The van der Waals surface area contributed by atoms with E-state index in [9.17, 15) is 9.59 Å². The van der Waals surface area contributed by atoms with Crippen LogP contribution in [0.3, 0.4) is 0 Å². The number of unbranched alkanes of at least 4 members (excludes halogenated alkanes) is 8. The number of hydrogen-bond donors (Lipinski definition) is 0. The van der Waals surface area contributed by atoms with Gasteiger partial charge in [-0.1, -0.05) is 65.2 Å². The monoisotopic (exact) mass is 356 g/mol. The summed E-state index contributed by atoms with van der Waals surface area (Å²) < 4.78 is 10.8. The third kappa shape index (κ3) is 16.2. The van der Waals surface area contributed by atoms with E-state index >= 15 is 0 Å². The molecule has 0 aliphatic carbocycles. The zero-order valence-electron chi connectivity index (χ0n) is 17.0. The lowest BCUT2D eigenvalue weighted by Crippen LogP contribution is -2.23. The van der Waals surface area contributed by atoms with E-state index in [-0.39, 0.29) is 24.1 Å². The van der Waals surface area contributed by atoms with Crippen LogP contribution in [0.4, 0.5) is 0 Å². The summed E-state index contributed by atoms with van der Waals surface area (Å²) in [4.78, 5) is 23.6. The fourth-order valence-corrected chi connectivity index (χ4v) is 2.88. The molecule has 0 aromatic carbocycles. The molecule has 0 amide bonds. The standard InChI is InChI=1S/C21H40O4/c1-5-7-9-11-13-15-20(22)24-18(3)17-19(4)25-21(23)16-14-12-10-8-6-2/h18-19H,5-17H2,1-4H3/t18-,19?/m1/s1. The third-order valence-electron chi connectivity index (χ3n) is 4.30. The highest BCUT2D eigenvalue weighted by atomic mass is 16.6. The zero-order valence-corrected chi connectivity index (χ0v) is 17.0. The van der Waals surface area contributed by atoms with Crippen LogP contribution in [0.5, 0.6) is 0 Å². The normalized spacial score (nSPS) is 13.3. The predicted octanol–water partition coefficient (Wildman–Crippen LogP) is 5.96. The van der Waals surface area contributed by atoms with Gasteiger partial charge in [0.1, 0.15) is 12.2 Å². The molecule has 0 radical (unpaired) electrons. The lowest BCUT2D eigenvalue weighted by molar-refractivity contribution is -0.154. The minimum absolute atomic E-state index is 0.140. The van der Waals surface area contributed by atoms with Crippen LogP contribution in [0.25, 0.3) is 0 Å². The minimum Gasteiger partial charge on any atom is -0.463 e. The van der Waals surface area contributed by atoms with Gasteiger partial charge in [-0.15, -0.1) is 0 Å². The first-order valence-electron chi connectivity index (χ1n) is 10.4. The van der Waals surface area contributed by atoms with Gasteiger partial charge in [0.15, 0.2) is 0 Å². The summed E-state index contributed by atoms with van der Waals surface area (Å²) in [6, 6.07) is 0. The molecule has 0 aromatic heterocycles. The second-order valence-corrected chi connectivity index (χ2v) is 7.17. The van der Waals surface area contributed by atoms with Crippen LogP contribution < -0.4 is 0 Å². The molecule has 1 unspecified atom stereocenters. The molecule has 4 nitrogen and oxygen atoms in total. The van der Waals surface area contributed by atoms with Gasteiger partial charge in [-0.05, 0) is 26.7 Å². The Bertz CT molecular complexity index is 309. The Balaban J connectivity index is 3.73. The molecule has 2 atom stereocenters. The first kappa shape index (κ1) is 23.9. The molecule has 0 saturated heterocycles. The topological polar surface area (TPSA) is 52.6 Å². The van der Waals surface area contributed by atoms with Gasteiger partial charge in [0.25, 0.3) is 0 Å². The molecule has 0 aliphatic heterocycles. The quantitative estimate of drug-likeness (QED) is 0.253. The highest BCUT2D eigenvalue weighted by Gasteiger charge is 2.16. The van der Waals surface area contributed by atoms with Crippen LogP contribution in [0, 0.1) is 0 Å². The third-order valence-corrected chi connectivity index (χ3v) is 4.30. The van der Waals surface area contributed by atoms with Crippen LogP contribution in [-0.4, -0.2) is 24.1 Å². The van der Waals surface area contributed by atoms with Gasteiger partial charge >= 0.3 is 11.9 Å². The number of ether oxygens (including phenoxy) is 2. The Morgan fingerprint density at radius 2 is 1.00 bits per heavy atom. The smallest absolute Gasteiger partial charge is 0.306 e. The molecular weight excluding hydrogens is 316 g/mol. The molecule has 0 spiro atoms. The molecule has 0 bridgehead atoms. The second-order valence-electron chi connectivity index (χ2n) is 7.17. The van der Waals surface area contributed by atoms with Crippen molar-refractivity contribution < 1.29 is 19.1 Å². The Morgan fingerprint density at radius 1 is 0.640 bits per heavy atom. The number of rotatable bonds is 16. The van der Waals surface area contributed by atoms with Crippen LogP contribution in [-0.2, 0) is 19.1 Å². The van der Waals surface area contributed by atoms with E-state index in [0.717, 1.165) is 25.7 Å². The summed E-state index contributed by atoms with van der Waals surface area (Å²) in [5, 5.41) is 0. The van der Waals surface area contributed by atoms with E-state index in [4.69, 9.17) is 9.47 Å². The average molecular weight is 357 g/mol. The number of carbonyl (C=O) groups is 2. The average Bonchev–Trinajstić information content (AvgIpc) is 2.54. The van der Waals surface area contributed by atoms with E-state index in [1.54, 1.807) is 0 Å².